The molecule has 0 aliphatic heterocycles. The van der Waals surface area contributed by atoms with Crippen molar-refractivity contribution in [1.82, 2.24) is 24.5 Å². The first-order chi connectivity index (χ1) is 30.2. The Labute approximate surface area is 351 Å². The molecule has 0 radical (unpaired) electrons. The van der Waals surface area contributed by atoms with Crippen molar-refractivity contribution in [2.24, 2.45) is 0 Å². The Bertz CT molecular complexity index is 3500. The van der Waals surface area contributed by atoms with Crippen LogP contribution in [0.1, 0.15) is 0 Å². The van der Waals surface area contributed by atoms with Crippen molar-refractivity contribution in [2.45, 2.75) is 0 Å². The smallest absolute Gasteiger partial charge is 0.164 e. The van der Waals surface area contributed by atoms with Crippen LogP contribution in [0.15, 0.2) is 212 Å². The zero-order valence-corrected chi connectivity index (χ0v) is 32.9. The molecule has 5 heteroatoms. The van der Waals surface area contributed by atoms with Crippen LogP contribution in [0.5, 0.6) is 0 Å². The molecule has 0 fully saturated rings. The Kier molecular flexibility index (Phi) is 8.10. The van der Waals surface area contributed by atoms with Crippen molar-refractivity contribution in [2.75, 3.05) is 0 Å². The van der Waals surface area contributed by atoms with Crippen LogP contribution < -0.4 is 0 Å². The van der Waals surface area contributed by atoms with E-state index in [-0.39, 0.29) is 0 Å². The molecule has 0 bridgehead atoms. The molecule has 0 saturated heterocycles. The van der Waals surface area contributed by atoms with Gasteiger partial charge in [0.25, 0.3) is 0 Å². The summed E-state index contributed by atoms with van der Waals surface area (Å²) in [5, 5.41) is 8.34. The number of benzene rings is 9. The maximum absolute atomic E-state index is 5.57. The summed E-state index contributed by atoms with van der Waals surface area (Å²) in [6, 6.07) is 74.6. The summed E-state index contributed by atoms with van der Waals surface area (Å²) < 4.78 is 2.36. The van der Waals surface area contributed by atoms with Gasteiger partial charge in [-0.05, 0) is 40.6 Å². The standard InChI is InChI=1S/C56H35N5/c1-3-15-39(16-4-1)54-58-55(40-17-5-2-6-18-40)60-56(59-54)41-28-26-38(27-29-41)52-48-35-32-36-14-7-8-19-43(36)51(48)47-23-13-22-44(53(47)57-52)37-30-33-42(34-31-37)61-49-24-11-9-20-45(49)46-21-10-12-25-50(46)61/h1-35H. The largest absolute Gasteiger partial charge is 0.309 e. The van der Waals surface area contributed by atoms with Gasteiger partial charge in [-0.3, -0.25) is 0 Å². The van der Waals surface area contributed by atoms with Crippen LogP contribution in [-0.4, -0.2) is 24.5 Å². The van der Waals surface area contributed by atoms with E-state index in [0.717, 1.165) is 61.1 Å². The summed E-state index contributed by atoms with van der Waals surface area (Å²) in [4.78, 5) is 20.4. The molecule has 0 N–H and O–H groups in total. The Morgan fingerprint density at radius 3 is 1.41 bits per heavy atom. The Morgan fingerprint density at radius 1 is 0.295 bits per heavy atom. The van der Waals surface area contributed by atoms with Gasteiger partial charge in [-0.1, -0.05) is 188 Å². The van der Waals surface area contributed by atoms with Gasteiger partial charge in [-0.15, -0.1) is 0 Å². The number of aromatic nitrogens is 5. The average molecular weight is 778 g/mol. The molecule has 284 valence electrons. The van der Waals surface area contributed by atoms with Gasteiger partial charge < -0.3 is 4.57 Å². The van der Waals surface area contributed by atoms with Gasteiger partial charge in [0.1, 0.15) is 0 Å². The predicted molar refractivity (Wildman–Crippen MR) is 252 cm³/mol. The molecular formula is C56H35N5. The fraction of sp³-hybridized carbons (Fsp3) is 0. The van der Waals surface area contributed by atoms with E-state index < -0.39 is 0 Å². The van der Waals surface area contributed by atoms with Crippen LogP contribution in [-0.2, 0) is 0 Å². The zero-order chi connectivity index (χ0) is 40.3. The molecule has 12 rings (SSSR count). The SMILES string of the molecule is c1ccc(-c2nc(-c3ccccc3)nc(-c3ccc(-c4nc5c(-c6ccc(-n7c8ccccc8c8ccccc87)cc6)cccc5c5c4ccc4ccccc45)cc3)n2)cc1. The summed E-state index contributed by atoms with van der Waals surface area (Å²) in [5.74, 6) is 1.89. The minimum absolute atomic E-state index is 0.619. The van der Waals surface area contributed by atoms with Crippen LogP contribution >= 0.6 is 0 Å². The number of pyridine rings is 1. The molecule has 0 spiro atoms. The topological polar surface area (TPSA) is 56.5 Å². The molecule has 5 nitrogen and oxygen atoms in total. The highest BCUT2D eigenvalue weighted by Gasteiger charge is 2.18. The van der Waals surface area contributed by atoms with Crippen molar-refractivity contribution in [3.63, 3.8) is 0 Å². The molecule has 3 heterocycles. The van der Waals surface area contributed by atoms with E-state index in [4.69, 9.17) is 19.9 Å². The van der Waals surface area contributed by atoms with Crippen LogP contribution in [0.25, 0.3) is 116 Å². The van der Waals surface area contributed by atoms with E-state index in [9.17, 15) is 0 Å². The van der Waals surface area contributed by atoms with Gasteiger partial charge in [-0.25, -0.2) is 19.9 Å². The van der Waals surface area contributed by atoms with Gasteiger partial charge in [0.15, 0.2) is 17.5 Å². The molecule has 0 unspecified atom stereocenters. The van der Waals surface area contributed by atoms with Crippen molar-refractivity contribution < 1.29 is 0 Å². The van der Waals surface area contributed by atoms with Crippen LogP contribution in [0.3, 0.4) is 0 Å². The molecule has 61 heavy (non-hydrogen) atoms. The third kappa shape index (κ3) is 5.86. The Balaban J connectivity index is 1.01. The predicted octanol–water partition coefficient (Wildman–Crippen LogP) is 14.2. The monoisotopic (exact) mass is 777 g/mol. The molecule has 0 amide bonds. The third-order valence-electron chi connectivity index (χ3n) is 11.8. The second-order valence-corrected chi connectivity index (χ2v) is 15.4. The molecule has 0 aliphatic carbocycles. The quantitative estimate of drug-likeness (QED) is 0.158. The third-order valence-corrected chi connectivity index (χ3v) is 11.8. The van der Waals surface area contributed by atoms with Crippen molar-refractivity contribution in [3.8, 4) is 62.2 Å². The van der Waals surface area contributed by atoms with Crippen molar-refractivity contribution >= 4 is 54.3 Å². The van der Waals surface area contributed by atoms with Gasteiger partial charge in [0.2, 0.25) is 0 Å². The highest BCUT2D eigenvalue weighted by atomic mass is 15.0. The Hall–Kier alpha value is -8.28. The lowest BCUT2D eigenvalue weighted by Gasteiger charge is -2.16. The van der Waals surface area contributed by atoms with Gasteiger partial charge in [0, 0.05) is 60.4 Å². The first-order valence-electron chi connectivity index (χ1n) is 20.6. The normalized spacial score (nSPS) is 11.6. The highest BCUT2D eigenvalue weighted by Crippen LogP contribution is 2.41. The minimum atomic E-state index is 0.619. The highest BCUT2D eigenvalue weighted by molar-refractivity contribution is 6.24. The first-order valence-corrected chi connectivity index (χ1v) is 20.6. The molecule has 9 aromatic carbocycles. The number of rotatable bonds is 6. The van der Waals surface area contributed by atoms with Crippen LogP contribution in [0, 0.1) is 0 Å². The number of nitrogens with zero attached hydrogens (tertiary/aromatic N) is 5. The fourth-order valence-electron chi connectivity index (χ4n) is 8.96. The van der Waals surface area contributed by atoms with E-state index in [1.165, 1.54) is 38.0 Å². The average Bonchev–Trinajstić information content (AvgIpc) is 3.68. The van der Waals surface area contributed by atoms with E-state index in [1.807, 2.05) is 60.7 Å². The number of hydrogen-bond acceptors (Lipinski definition) is 4. The van der Waals surface area contributed by atoms with Crippen molar-refractivity contribution in [3.05, 3.63) is 212 Å². The lowest BCUT2D eigenvalue weighted by molar-refractivity contribution is 1.07. The molecule has 3 aromatic heterocycles. The lowest BCUT2D eigenvalue weighted by Crippen LogP contribution is -2.00. The molecule has 0 aliphatic rings. The van der Waals surface area contributed by atoms with Crippen LogP contribution in [0.4, 0.5) is 0 Å². The zero-order valence-electron chi connectivity index (χ0n) is 32.9. The summed E-state index contributed by atoms with van der Waals surface area (Å²) in [6.45, 7) is 0. The van der Waals surface area contributed by atoms with Gasteiger partial charge in [0.05, 0.1) is 22.2 Å². The van der Waals surface area contributed by atoms with Crippen LogP contribution in [0.2, 0.25) is 0 Å². The summed E-state index contributed by atoms with van der Waals surface area (Å²) in [7, 11) is 0. The maximum atomic E-state index is 5.57. The van der Waals surface area contributed by atoms with E-state index >= 15 is 0 Å². The summed E-state index contributed by atoms with van der Waals surface area (Å²) in [5.41, 5.74) is 11.4. The fourth-order valence-corrected chi connectivity index (χ4v) is 8.96. The number of hydrogen-bond donors (Lipinski definition) is 0. The summed E-state index contributed by atoms with van der Waals surface area (Å²) >= 11 is 0. The lowest BCUT2D eigenvalue weighted by atomic mass is 9.92. The molecule has 0 atom stereocenters. The molecular weight excluding hydrogens is 743 g/mol. The number of fused-ring (bicyclic) bond motifs is 8. The van der Waals surface area contributed by atoms with E-state index in [0.29, 0.717) is 17.5 Å². The van der Waals surface area contributed by atoms with E-state index in [1.54, 1.807) is 0 Å². The van der Waals surface area contributed by atoms with Gasteiger partial charge in [-0.2, -0.15) is 0 Å². The van der Waals surface area contributed by atoms with E-state index in [2.05, 4.69) is 156 Å². The molecule has 12 aromatic rings. The summed E-state index contributed by atoms with van der Waals surface area (Å²) in [6.07, 6.45) is 0. The Morgan fingerprint density at radius 2 is 0.787 bits per heavy atom. The van der Waals surface area contributed by atoms with Crippen molar-refractivity contribution in [1.29, 1.82) is 0 Å². The molecule has 0 saturated carbocycles. The number of para-hydroxylation sites is 3. The van der Waals surface area contributed by atoms with Gasteiger partial charge >= 0.3 is 0 Å². The first kappa shape index (κ1) is 34.7. The minimum Gasteiger partial charge on any atom is -0.309 e. The maximum Gasteiger partial charge on any atom is 0.164 e. The second kappa shape index (κ2) is 14.2. The second-order valence-electron chi connectivity index (χ2n) is 15.4.